The van der Waals surface area contributed by atoms with Gasteiger partial charge in [0.1, 0.15) is 0 Å². The lowest BCUT2D eigenvalue weighted by molar-refractivity contribution is -0.141. The summed E-state index contributed by atoms with van der Waals surface area (Å²) in [6.45, 7) is 0. The summed E-state index contributed by atoms with van der Waals surface area (Å²) in [5, 5.41) is 5.36. The van der Waals surface area contributed by atoms with Crippen molar-refractivity contribution in [2.45, 2.75) is 31.3 Å². The van der Waals surface area contributed by atoms with Gasteiger partial charge in [-0.05, 0) is 30.5 Å². The first-order chi connectivity index (χ1) is 14.0. The molecule has 3 rings (SSSR count). The number of benzene rings is 2. The highest BCUT2D eigenvalue weighted by Crippen LogP contribution is 2.18. The number of rotatable bonds is 6. The van der Waals surface area contributed by atoms with Gasteiger partial charge in [0.15, 0.2) is 0 Å². The molecule has 4 N–H and O–H groups in total. The molecule has 0 aliphatic heterocycles. The van der Waals surface area contributed by atoms with Gasteiger partial charge < -0.3 is 10.6 Å². The van der Waals surface area contributed by atoms with E-state index in [9.17, 15) is 19.2 Å². The average molecular weight is 394 g/mol. The van der Waals surface area contributed by atoms with E-state index in [-0.39, 0.29) is 18.4 Å². The van der Waals surface area contributed by atoms with E-state index in [1.165, 1.54) is 0 Å². The maximum absolute atomic E-state index is 12.5. The van der Waals surface area contributed by atoms with E-state index in [0.29, 0.717) is 5.56 Å². The van der Waals surface area contributed by atoms with E-state index in [0.717, 1.165) is 18.4 Å². The van der Waals surface area contributed by atoms with Crippen molar-refractivity contribution in [1.29, 1.82) is 0 Å². The van der Waals surface area contributed by atoms with Gasteiger partial charge in [-0.25, -0.2) is 0 Å². The largest absolute Gasteiger partial charge is 0.345 e. The molecule has 4 amide bonds. The van der Waals surface area contributed by atoms with Crippen molar-refractivity contribution in [1.82, 2.24) is 21.5 Å². The molecule has 1 atom stereocenters. The molecule has 0 unspecified atom stereocenters. The summed E-state index contributed by atoms with van der Waals surface area (Å²) in [4.78, 5) is 48.1. The Kier molecular flexibility index (Phi) is 6.57. The van der Waals surface area contributed by atoms with E-state index in [2.05, 4.69) is 21.5 Å². The maximum atomic E-state index is 12.5. The van der Waals surface area contributed by atoms with Crippen LogP contribution in [0.1, 0.15) is 41.2 Å². The van der Waals surface area contributed by atoms with Crippen LogP contribution in [0.2, 0.25) is 0 Å². The molecule has 150 valence electrons. The third kappa shape index (κ3) is 6.17. The van der Waals surface area contributed by atoms with Crippen LogP contribution >= 0.6 is 0 Å². The van der Waals surface area contributed by atoms with E-state index < -0.39 is 23.8 Å². The molecule has 1 aliphatic rings. The summed E-state index contributed by atoms with van der Waals surface area (Å²) in [6, 6.07) is 17.1. The van der Waals surface area contributed by atoms with E-state index in [1.807, 2.05) is 6.07 Å². The average Bonchev–Trinajstić information content (AvgIpc) is 3.56. The molecule has 8 heteroatoms. The number of carbonyl (C=O) groups excluding carboxylic acids is 4. The number of amides is 4. The highest BCUT2D eigenvalue weighted by atomic mass is 16.2. The second-order valence-corrected chi connectivity index (χ2v) is 6.76. The maximum Gasteiger partial charge on any atom is 0.327 e. The Morgan fingerprint density at radius 3 is 2.07 bits per heavy atom. The lowest BCUT2D eigenvalue weighted by atomic mass is 10.0. The zero-order chi connectivity index (χ0) is 20.6. The van der Waals surface area contributed by atoms with Gasteiger partial charge in [-0.3, -0.25) is 30.0 Å². The van der Waals surface area contributed by atoms with Gasteiger partial charge in [0.25, 0.3) is 5.91 Å². The first kappa shape index (κ1) is 20.1. The summed E-state index contributed by atoms with van der Waals surface area (Å²) in [7, 11) is 0. The summed E-state index contributed by atoms with van der Waals surface area (Å²) >= 11 is 0. The van der Waals surface area contributed by atoms with Crippen LogP contribution < -0.4 is 21.5 Å². The molecule has 0 saturated heterocycles. The smallest absolute Gasteiger partial charge is 0.327 e. The monoisotopic (exact) mass is 394 g/mol. The van der Waals surface area contributed by atoms with Crippen molar-refractivity contribution >= 4 is 23.6 Å². The minimum Gasteiger partial charge on any atom is -0.345 e. The molecule has 1 fully saturated rings. The highest BCUT2D eigenvalue weighted by Gasteiger charge is 2.26. The molecule has 0 spiro atoms. The quantitative estimate of drug-likeness (QED) is 0.432. The van der Waals surface area contributed by atoms with Crippen molar-refractivity contribution in [3.05, 3.63) is 71.8 Å². The second-order valence-electron chi connectivity index (χ2n) is 6.76. The molecule has 0 radical (unpaired) electrons. The third-order valence-corrected chi connectivity index (χ3v) is 4.37. The van der Waals surface area contributed by atoms with E-state index in [4.69, 9.17) is 0 Å². The number of hydrazine groups is 1. The molecule has 29 heavy (non-hydrogen) atoms. The molecule has 2 aromatic rings. The van der Waals surface area contributed by atoms with Crippen LogP contribution in [0.5, 0.6) is 0 Å². The zero-order valence-corrected chi connectivity index (χ0v) is 15.7. The van der Waals surface area contributed by atoms with Crippen LogP contribution in [0.25, 0.3) is 0 Å². The molecule has 0 aromatic heterocycles. The molecule has 2 aromatic carbocycles. The van der Waals surface area contributed by atoms with Gasteiger partial charge in [0.05, 0.1) is 12.5 Å². The Balaban J connectivity index is 1.59. The van der Waals surface area contributed by atoms with Crippen molar-refractivity contribution in [3.63, 3.8) is 0 Å². The Morgan fingerprint density at radius 2 is 1.45 bits per heavy atom. The SMILES string of the molecule is O=C(C[C@H](NC(=O)c1ccccc1)c1ccccc1)NNC(=O)C(=O)NC1CC1. The molecule has 1 aliphatic carbocycles. The van der Waals surface area contributed by atoms with Gasteiger partial charge in [-0.2, -0.15) is 0 Å². The van der Waals surface area contributed by atoms with Crippen molar-refractivity contribution in [2.24, 2.45) is 0 Å². The van der Waals surface area contributed by atoms with Crippen LogP contribution in [-0.4, -0.2) is 29.7 Å². The summed E-state index contributed by atoms with van der Waals surface area (Å²) in [6.07, 6.45) is 1.59. The fraction of sp³-hybridized carbons (Fsp3) is 0.238. The molecule has 8 nitrogen and oxygen atoms in total. The Hall–Kier alpha value is -3.68. The lowest BCUT2D eigenvalue weighted by Gasteiger charge is -2.19. The normalized spacial score (nSPS) is 13.7. The molecule has 0 heterocycles. The fourth-order valence-corrected chi connectivity index (χ4v) is 2.67. The fourth-order valence-electron chi connectivity index (χ4n) is 2.67. The van der Waals surface area contributed by atoms with Crippen molar-refractivity contribution in [2.75, 3.05) is 0 Å². The highest BCUT2D eigenvalue weighted by molar-refractivity contribution is 6.35. The third-order valence-electron chi connectivity index (χ3n) is 4.37. The molecular formula is C21H22N4O4. The summed E-state index contributed by atoms with van der Waals surface area (Å²) < 4.78 is 0. The Morgan fingerprint density at radius 1 is 0.828 bits per heavy atom. The topological polar surface area (TPSA) is 116 Å². The first-order valence-electron chi connectivity index (χ1n) is 9.33. The van der Waals surface area contributed by atoms with E-state index >= 15 is 0 Å². The summed E-state index contributed by atoms with van der Waals surface area (Å²) in [5.41, 5.74) is 5.53. The van der Waals surface area contributed by atoms with Gasteiger partial charge >= 0.3 is 11.8 Å². The first-order valence-corrected chi connectivity index (χ1v) is 9.33. The lowest BCUT2D eigenvalue weighted by Crippen LogP contribution is -2.49. The predicted molar refractivity (Wildman–Crippen MR) is 105 cm³/mol. The number of carbonyl (C=O) groups is 4. The predicted octanol–water partition coefficient (Wildman–Crippen LogP) is 0.974. The number of hydrogen-bond acceptors (Lipinski definition) is 4. The van der Waals surface area contributed by atoms with Crippen LogP contribution in [0, 0.1) is 0 Å². The molecule has 0 bridgehead atoms. The van der Waals surface area contributed by atoms with Crippen LogP contribution in [0.4, 0.5) is 0 Å². The minimum atomic E-state index is -0.935. The molecule has 1 saturated carbocycles. The van der Waals surface area contributed by atoms with Gasteiger partial charge in [-0.15, -0.1) is 0 Å². The number of hydrogen-bond donors (Lipinski definition) is 4. The standard InChI is InChI=1S/C21H22N4O4/c26-18(24-25-21(29)20(28)22-16-11-12-16)13-17(14-7-3-1-4-8-14)23-19(27)15-9-5-2-6-10-15/h1-10,16-17H,11-13H2,(H,22,28)(H,23,27)(H,24,26)(H,25,29)/t17-/m0/s1. The Labute approximate surface area is 168 Å². The van der Waals surface area contributed by atoms with Gasteiger partial charge in [0, 0.05) is 11.6 Å². The zero-order valence-electron chi connectivity index (χ0n) is 15.7. The van der Waals surface area contributed by atoms with Crippen molar-refractivity contribution < 1.29 is 19.2 Å². The minimum absolute atomic E-state index is 0.0413. The molecular weight excluding hydrogens is 372 g/mol. The number of nitrogens with one attached hydrogen (secondary N) is 4. The van der Waals surface area contributed by atoms with E-state index in [1.54, 1.807) is 54.6 Å². The van der Waals surface area contributed by atoms with Crippen LogP contribution in [-0.2, 0) is 14.4 Å². The van der Waals surface area contributed by atoms with Gasteiger partial charge in [-0.1, -0.05) is 48.5 Å². The summed E-state index contributed by atoms with van der Waals surface area (Å²) in [5.74, 6) is -2.58. The van der Waals surface area contributed by atoms with Crippen LogP contribution in [0.15, 0.2) is 60.7 Å². The van der Waals surface area contributed by atoms with Crippen LogP contribution in [0.3, 0.4) is 0 Å². The Bertz CT molecular complexity index is 882. The van der Waals surface area contributed by atoms with Crippen molar-refractivity contribution in [3.8, 4) is 0 Å². The second kappa shape index (κ2) is 9.50. The van der Waals surface area contributed by atoms with Gasteiger partial charge in [0.2, 0.25) is 5.91 Å².